The van der Waals surface area contributed by atoms with Crippen LogP contribution >= 0.6 is 23.4 Å². The third kappa shape index (κ3) is 4.68. The number of amides is 1. The summed E-state index contributed by atoms with van der Waals surface area (Å²) in [6.07, 6.45) is 0. The van der Waals surface area contributed by atoms with Gasteiger partial charge in [-0.05, 0) is 23.8 Å². The predicted molar refractivity (Wildman–Crippen MR) is 103 cm³/mol. The van der Waals surface area contributed by atoms with Crippen LogP contribution in [0.2, 0.25) is 5.02 Å². The molecule has 0 N–H and O–H groups in total. The molecule has 0 bridgehead atoms. The summed E-state index contributed by atoms with van der Waals surface area (Å²) < 4.78 is 0. The fourth-order valence-corrected chi connectivity index (χ4v) is 3.88. The fraction of sp³-hybridized carbons (Fsp3) is 0.316. The Bertz CT molecular complexity index is 672. The number of nitrogens with zero attached hydrogens (tertiary/aromatic N) is 2. The number of anilines is 1. The molecule has 1 fully saturated rings. The van der Waals surface area contributed by atoms with Crippen molar-refractivity contribution in [3.8, 4) is 0 Å². The van der Waals surface area contributed by atoms with E-state index in [1.807, 2.05) is 41.3 Å². The van der Waals surface area contributed by atoms with Crippen LogP contribution in [-0.4, -0.2) is 42.7 Å². The van der Waals surface area contributed by atoms with E-state index in [4.69, 9.17) is 11.6 Å². The lowest BCUT2D eigenvalue weighted by Crippen LogP contribution is -2.49. The molecule has 3 rings (SSSR count). The summed E-state index contributed by atoms with van der Waals surface area (Å²) in [5.41, 5.74) is 2.40. The van der Waals surface area contributed by atoms with E-state index < -0.39 is 0 Å². The molecule has 2 aromatic rings. The van der Waals surface area contributed by atoms with Crippen LogP contribution in [0.5, 0.6) is 0 Å². The minimum Gasteiger partial charge on any atom is -0.368 e. The van der Waals surface area contributed by atoms with Crippen molar-refractivity contribution in [1.82, 2.24) is 4.90 Å². The first-order valence-corrected chi connectivity index (χ1v) is 9.65. The highest BCUT2D eigenvalue weighted by molar-refractivity contribution is 7.99. The molecule has 1 heterocycles. The molecule has 1 amide bonds. The Morgan fingerprint density at radius 1 is 1.00 bits per heavy atom. The first-order valence-electron chi connectivity index (χ1n) is 8.12. The lowest BCUT2D eigenvalue weighted by Gasteiger charge is -2.36. The molecule has 0 radical (unpaired) electrons. The maximum atomic E-state index is 12.4. The van der Waals surface area contributed by atoms with E-state index >= 15 is 0 Å². The molecule has 1 aliphatic rings. The van der Waals surface area contributed by atoms with Gasteiger partial charge in [0, 0.05) is 42.6 Å². The maximum absolute atomic E-state index is 12.4. The van der Waals surface area contributed by atoms with Gasteiger partial charge in [0.2, 0.25) is 5.91 Å². The molecular formula is C19H21ClN2OS. The van der Waals surface area contributed by atoms with Gasteiger partial charge in [-0.2, -0.15) is 0 Å². The number of piperazine rings is 1. The first kappa shape index (κ1) is 17.2. The molecule has 0 aromatic heterocycles. The van der Waals surface area contributed by atoms with Crippen molar-refractivity contribution in [2.75, 3.05) is 36.8 Å². The quantitative estimate of drug-likeness (QED) is 0.807. The highest BCUT2D eigenvalue weighted by Crippen LogP contribution is 2.21. The van der Waals surface area contributed by atoms with E-state index in [-0.39, 0.29) is 5.91 Å². The van der Waals surface area contributed by atoms with Crippen LogP contribution in [0.3, 0.4) is 0 Å². The number of hydrogen-bond acceptors (Lipinski definition) is 3. The van der Waals surface area contributed by atoms with Crippen LogP contribution in [-0.2, 0) is 10.5 Å². The Kier molecular flexibility index (Phi) is 6.05. The van der Waals surface area contributed by atoms with Crippen molar-refractivity contribution in [1.29, 1.82) is 0 Å². The Morgan fingerprint density at radius 3 is 2.46 bits per heavy atom. The average Bonchev–Trinajstić information content (AvgIpc) is 2.63. The van der Waals surface area contributed by atoms with Crippen molar-refractivity contribution in [2.45, 2.75) is 5.75 Å². The van der Waals surface area contributed by atoms with Crippen LogP contribution < -0.4 is 4.90 Å². The Hall–Kier alpha value is -1.65. The van der Waals surface area contributed by atoms with E-state index in [0.717, 1.165) is 42.6 Å². The second kappa shape index (κ2) is 8.45. The Labute approximate surface area is 152 Å². The summed E-state index contributed by atoms with van der Waals surface area (Å²) in [6, 6.07) is 18.2. The highest BCUT2D eigenvalue weighted by Gasteiger charge is 2.21. The molecule has 0 atom stereocenters. The summed E-state index contributed by atoms with van der Waals surface area (Å²) in [6.45, 7) is 3.26. The summed E-state index contributed by atoms with van der Waals surface area (Å²) >= 11 is 7.74. The molecule has 0 spiro atoms. The van der Waals surface area contributed by atoms with Crippen molar-refractivity contribution in [3.63, 3.8) is 0 Å². The standard InChI is InChI=1S/C19H21ClN2OS/c20-17-7-4-8-18(13-17)21-9-11-22(12-10-21)19(23)15-24-14-16-5-2-1-3-6-16/h1-8,13H,9-12,14-15H2. The molecular weight excluding hydrogens is 340 g/mol. The van der Waals surface area contributed by atoms with Gasteiger partial charge < -0.3 is 9.80 Å². The fourth-order valence-electron chi connectivity index (χ4n) is 2.81. The number of thioether (sulfide) groups is 1. The second-order valence-electron chi connectivity index (χ2n) is 5.83. The zero-order chi connectivity index (χ0) is 16.8. The average molecular weight is 361 g/mol. The van der Waals surface area contributed by atoms with Crippen molar-refractivity contribution in [3.05, 3.63) is 65.2 Å². The van der Waals surface area contributed by atoms with Crippen LogP contribution in [0.1, 0.15) is 5.56 Å². The van der Waals surface area contributed by atoms with Crippen LogP contribution in [0.25, 0.3) is 0 Å². The largest absolute Gasteiger partial charge is 0.368 e. The first-order chi connectivity index (χ1) is 11.7. The van der Waals surface area contributed by atoms with Crippen molar-refractivity contribution in [2.24, 2.45) is 0 Å². The molecule has 0 unspecified atom stereocenters. The monoisotopic (exact) mass is 360 g/mol. The van der Waals surface area contributed by atoms with E-state index in [1.165, 1.54) is 5.56 Å². The summed E-state index contributed by atoms with van der Waals surface area (Å²) in [4.78, 5) is 16.6. The van der Waals surface area contributed by atoms with Gasteiger partial charge in [0.25, 0.3) is 0 Å². The number of hydrogen-bond donors (Lipinski definition) is 0. The summed E-state index contributed by atoms with van der Waals surface area (Å²) in [5, 5.41) is 0.753. The molecule has 24 heavy (non-hydrogen) atoms. The van der Waals surface area contributed by atoms with Crippen LogP contribution in [0.15, 0.2) is 54.6 Å². The molecule has 5 heteroatoms. The van der Waals surface area contributed by atoms with E-state index in [2.05, 4.69) is 23.1 Å². The van der Waals surface area contributed by atoms with Gasteiger partial charge in [-0.3, -0.25) is 4.79 Å². The minimum atomic E-state index is 0.238. The molecule has 1 aliphatic heterocycles. The number of rotatable bonds is 5. The topological polar surface area (TPSA) is 23.6 Å². The normalized spacial score (nSPS) is 14.7. The number of halogens is 1. The van der Waals surface area contributed by atoms with E-state index in [9.17, 15) is 4.79 Å². The molecule has 2 aromatic carbocycles. The molecule has 3 nitrogen and oxygen atoms in total. The molecule has 0 aliphatic carbocycles. The van der Waals surface area contributed by atoms with Gasteiger partial charge >= 0.3 is 0 Å². The lowest BCUT2D eigenvalue weighted by molar-refractivity contribution is -0.128. The van der Waals surface area contributed by atoms with Gasteiger partial charge in [0.15, 0.2) is 0 Å². The Balaban J connectivity index is 1.43. The third-order valence-corrected chi connectivity index (χ3v) is 5.37. The van der Waals surface area contributed by atoms with E-state index in [0.29, 0.717) is 5.75 Å². The van der Waals surface area contributed by atoms with Crippen molar-refractivity contribution < 1.29 is 4.79 Å². The number of carbonyl (C=O) groups excluding carboxylic acids is 1. The molecule has 0 saturated carbocycles. The minimum absolute atomic E-state index is 0.238. The molecule has 1 saturated heterocycles. The summed E-state index contributed by atoms with van der Waals surface area (Å²) in [5.74, 6) is 1.67. The van der Waals surface area contributed by atoms with Gasteiger partial charge in [0.05, 0.1) is 5.75 Å². The third-order valence-electron chi connectivity index (χ3n) is 4.14. The zero-order valence-electron chi connectivity index (χ0n) is 13.5. The summed E-state index contributed by atoms with van der Waals surface area (Å²) in [7, 11) is 0. The second-order valence-corrected chi connectivity index (χ2v) is 7.25. The SMILES string of the molecule is O=C(CSCc1ccccc1)N1CCN(c2cccc(Cl)c2)CC1. The van der Waals surface area contributed by atoms with Crippen LogP contribution in [0, 0.1) is 0 Å². The van der Waals surface area contributed by atoms with Gasteiger partial charge in [-0.25, -0.2) is 0 Å². The zero-order valence-corrected chi connectivity index (χ0v) is 15.1. The maximum Gasteiger partial charge on any atom is 0.232 e. The lowest BCUT2D eigenvalue weighted by atomic mass is 10.2. The number of benzene rings is 2. The predicted octanol–water partition coefficient (Wildman–Crippen LogP) is 3.92. The smallest absolute Gasteiger partial charge is 0.232 e. The van der Waals surface area contributed by atoms with E-state index in [1.54, 1.807) is 11.8 Å². The number of carbonyl (C=O) groups is 1. The van der Waals surface area contributed by atoms with Gasteiger partial charge in [-0.1, -0.05) is 48.0 Å². The molecule has 126 valence electrons. The van der Waals surface area contributed by atoms with Gasteiger partial charge in [-0.15, -0.1) is 11.8 Å². The van der Waals surface area contributed by atoms with Gasteiger partial charge in [0.1, 0.15) is 0 Å². The van der Waals surface area contributed by atoms with Crippen LogP contribution in [0.4, 0.5) is 5.69 Å². The van der Waals surface area contributed by atoms with Crippen molar-refractivity contribution >= 4 is 35.0 Å². The highest BCUT2D eigenvalue weighted by atomic mass is 35.5. The Morgan fingerprint density at radius 2 is 1.75 bits per heavy atom.